The maximum Gasteiger partial charge on any atom is 0.320 e. The maximum absolute atomic E-state index is 12.0. The van der Waals surface area contributed by atoms with Crippen LogP contribution in [0, 0.1) is 0 Å². The van der Waals surface area contributed by atoms with Crippen LogP contribution in [-0.2, 0) is 11.2 Å². The minimum atomic E-state index is -1.03. The van der Waals surface area contributed by atoms with Gasteiger partial charge in [-0.3, -0.25) is 9.59 Å². The molecule has 0 bridgehead atoms. The Labute approximate surface area is 122 Å². The number of aliphatic carboxylic acids is 1. The average molecular weight is 284 g/mol. The maximum atomic E-state index is 12.0. The highest BCUT2D eigenvalue weighted by molar-refractivity contribution is 6.04. The second-order valence-corrected chi connectivity index (χ2v) is 4.67. The number of hydrogen-bond donors (Lipinski definition) is 3. The second-order valence-electron chi connectivity index (χ2n) is 4.67. The van der Waals surface area contributed by atoms with Crippen molar-refractivity contribution in [3.8, 4) is 0 Å². The number of nitrogens with two attached hydrogens (primary N) is 1. The Hall–Kier alpha value is -2.66. The van der Waals surface area contributed by atoms with E-state index in [-0.39, 0.29) is 12.3 Å². The van der Waals surface area contributed by atoms with Gasteiger partial charge in [-0.15, -0.1) is 0 Å². The number of amides is 1. The van der Waals surface area contributed by atoms with Gasteiger partial charge in [-0.05, 0) is 36.2 Å². The van der Waals surface area contributed by atoms with Crippen LogP contribution < -0.4 is 11.1 Å². The van der Waals surface area contributed by atoms with Crippen LogP contribution in [0.5, 0.6) is 0 Å². The molecular weight excluding hydrogens is 268 g/mol. The molecule has 0 aliphatic heterocycles. The van der Waals surface area contributed by atoms with Crippen LogP contribution in [0.2, 0.25) is 0 Å². The molecule has 0 aliphatic carbocycles. The summed E-state index contributed by atoms with van der Waals surface area (Å²) in [6.07, 6.45) is 0.252. The van der Waals surface area contributed by atoms with Gasteiger partial charge >= 0.3 is 5.97 Å². The van der Waals surface area contributed by atoms with Crippen molar-refractivity contribution in [2.45, 2.75) is 12.5 Å². The summed E-state index contributed by atoms with van der Waals surface area (Å²) in [6, 6.07) is 14.9. The van der Waals surface area contributed by atoms with E-state index >= 15 is 0 Å². The summed E-state index contributed by atoms with van der Waals surface area (Å²) in [6.45, 7) is 0. The van der Waals surface area contributed by atoms with Crippen molar-refractivity contribution in [2.24, 2.45) is 5.73 Å². The molecule has 1 amide bonds. The molecule has 2 aromatic rings. The molecule has 0 heterocycles. The minimum Gasteiger partial charge on any atom is -0.480 e. The molecule has 0 fully saturated rings. The molecule has 0 saturated carbocycles. The monoisotopic (exact) mass is 284 g/mol. The van der Waals surface area contributed by atoms with E-state index in [9.17, 15) is 9.59 Å². The molecule has 0 saturated heterocycles. The van der Waals surface area contributed by atoms with Crippen molar-refractivity contribution >= 4 is 17.6 Å². The van der Waals surface area contributed by atoms with Gasteiger partial charge in [-0.2, -0.15) is 0 Å². The number of carboxylic acid groups (broad SMARTS) is 1. The highest BCUT2D eigenvalue weighted by Crippen LogP contribution is 2.12. The Morgan fingerprint density at radius 3 is 2.24 bits per heavy atom. The average Bonchev–Trinajstić information content (AvgIpc) is 2.50. The lowest BCUT2D eigenvalue weighted by atomic mass is 10.1. The Morgan fingerprint density at radius 1 is 1.05 bits per heavy atom. The van der Waals surface area contributed by atoms with E-state index in [1.165, 1.54) is 0 Å². The summed E-state index contributed by atoms with van der Waals surface area (Å²) in [4.78, 5) is 22.6. The van der Waals surface area contributed by atoms with E-state index in [1.807, 2.05) is 6.07 Å². The molecule has 1 unspecified atom stereocenters. The Balaban J connectivity index is 2.00. The van der Waals surface area contributed by atoms with E-state index in [2.05, 4.69) is 5.32 Å². The fourth-order valence-electron chi connectivity index (χ4n) is 1.86. The first-order valence-corrected chi connectivity index (χ1v) is 6.50. The normalized spacial score (nSPS) is 11.7. The molecule has 21 heavy (non-hydrogen) atoms. The molecule has 5 heteroatoms. The molecular formula is C16H16N2O3. The Bertz CT molecular complexity index is 624. The van der Waals surface area contributed by atoms with Crippen LogP contribution in [0.15, 0.2) is 54.6 Å². The first-order chi connectivity index (χ1) is 10.1. The van der Waals surface area contributed by atoms with E-state index in [4.69, 9.17) is 10.8 Å². The lowest BCUT2D eigenvalue weighted by Gasteiger charge is -2.08. The third kappa shape index (κ3) is 4.15. The number of anilines is 1. The lowest BCUT2D eigenvalue weighted by molar-refractivity contribution is -0.138. The third-order valence-electron chi connectivity index (χ3n) is 3.02. The number of nitrogens with one attached hydrogen (secondary N) is 1. The predicted molar refractivity (Wildman–Crippen MR) is 80.2 cm³/mol. The molecule has 4 N–H and O–H groups in total. The SMILES string of the molecule is NC(Cc1ccc(NC(=O)c2ccccc2)cc1)C(=O)O. The van der Waals surface area contributed by atoms with Gasteiger partial charge in [0.1, 0.15) is 6.04 Å². The van der Waals surface area contributed by atoms with Crippen LogP contribution in [-0.4, -0.2) is 23.0 Å². The molecule has 2 rings (SSSR count). The fourth-order valence-corrected chi connectivity index (χ4v) is 1.86. The highest BCUT2D eigenvalue weighted by Gasteiger charge is 2.12. The summed E-state index contributed by atoms with van der Waals surface area (Å²) in [7, 11) is 0. The van der Waals surface area contributed by atoms with Crippen molar-refractivity contribution in [3.05, 3.63) is 65.7 Å². The highest BCUT2D eigenvalue weighted by atomic mass is 16.4. The topological polar surface area (TPSA) is 92.4 Å². The van der Waals surface area contributed by atoms with E-state index in [0.29, 0.717) is 11.3 Å². The van der Waals surface area contributed by atoms with Crippen molar-refractivity contribution in [3.63, 3.8) is 0 Å². The van der Waals surface area contributed by atoms with Crippen molar-refractivity contribution in [2.75, 3.05) is 5.32 Å². The number of hydrogen-bond acceptors (Lipinski definition) is 3. The summed E-state index contributed by atoms with van der Waals surface area (Å²) >= 11 is 0. The molecule has 0 spiro atoms. The molecule has 2 aromatic carbocycles. The third-order valence-corrected chi connectivity index (χ3v) is 3.02. The number of carbonyl (C=O) groups is 2. The van der Waals surface area contributed by atoms with Gasteiger partial charge in [0, 0.05) is 11.3 Å². The minimum absolute atomic E-state index is 0.189. The van der Waals surface area contributed by atoms with E-state index < -0.39 is 12.0 Å². The quantitative estimate of drug-likeness (QED) is 0.781. The second kappa shape index (κ2) is 6.67. The molecule has 1 atom stereocenters. The summed E-state index contributed by atoms with van der Waals surface area (Å²) in [5, 5.41) is 11.5. The zero-order valence-corrected chi connectivity index (χ0v) is 11.3. The number of benzene rings is 2. The molecule has 108 valence electrons. The summed E-state index contributed by atoms with van der Waals surface area (Å²) < 4.78 is 0. The van der Waals surface area contributed by atoms with Gasteiger partial charge in [-0.25, -0.2) is 0 Å². The molecule has 0 aliphatic rings. The van der Waals surface area contributed by atoms with Gasteiger partial charge in [0.2, 0.25) is 0 Å². The first-order valence-electron chi connectivity index (χ1n) is 6.50. The van der Waals surface area contributed by atoms with Crippen molar-refractivity contribution in [1.82, 2.24) is 0 Å². The van der Waals surface area contributed by atoms with Gasteiger partial charge in [0.15, 0.2) is 0 Å². The van der Waals surface area contributed by atoms with Gasteiger partial charge in [0.25, 0.3) is 5.91 Å². The van der Waals surface area contributed by atoms with Crippen molar-refractivity contribution in [1.29, 1.82) is 0 Å². The number of rotatable bonds is 5. The summed E-state index contributed by atoms with van der Waals surface area (Å²) in [5.74, 6) is -1.22. The van der Waals surface area contributed by atoms with Crippen LogP contribution >= 0.6 is 0 Å². The van der Waals surface area contributed by atoms with Crippen LogP contribution in [0.4, 0.5) is 5.69 Å². The van der Waals surface area contributed by atoms with E-state index in [1.54, 1.807) is 48.5 Å². The first kappa shape index (κ1) is 14.7. The fraction of sp³-hybridized carbons (Fsp3) is 0.125. The van der Waals surface area contributed by atoms with Crippen LogP contribution in [0.25, 0.3) is 0 Å². The zero-order chi connectivity index (χ0) is 15.2. The van der Waals surface area contributed by atoms with Gasteiger partial charge in [0.05, 0.1) is 0 Å². The molecule has 0 aromatic heterocycles. The Kier molecular flexibility index (Phi) is 4.68. The standard InChI is InChI=1S/C16H16N2O3/c17-14(16(20)21)10-11-6-8-13(9-7-11)18-15(19)12-4-2-1-3-5-12/h1-9,14H,10,17H2,(H,18,19)(H,20,21). The van der Waals surface area contributed by atoms with Crippen molar-refractivity contribution < 1.29 is 14.7 Å². The van der Waals surface area contributed by atoms with Crippen LogP contribution in [0.3, 0.4) is 0 Å². The largest absolute Gasteiger partial charge is 0.480 e. The lowest BCUT2D eigenvalue weighted by Crippen LogP contribution is -2.32. The van der Waals surface area contributed by atoms with Gasteiger partial charge < -0.3 is 16.2 Å². The smallest absolute Gasteiger partial charge is 0.320 e. The molecule has 5 nitrogen and oxygen atoms in total. The van der Waals surface area contributed by atoms with Gasteiger partial charge in [-0.1, -0.05) is 30.3 Å². The number of carboxylic acids is 1. The zero-order valence-electron chi connectivity index (χ0n) is 11.3. The predicted octanol–water partition coefficient (Wildman–Crippen LogP) is 1.89. The van der Waals surface area contributed by atoms with E-state index in [0.717, 1.165) is 5.56 Å². The Morgan fingerprint density at radius 2 is 1.67 bits per heavy atom. The number of carbonyl (C=O) groups excluding carboxylic acids is 1. The molecule has 0 radical (unpaired) electrons. The summed E-state index contributed by atoms with van der Waals surface area (Å²) in [5.41, 5.74) is 7.51. The van der Waals surface area contributed by atoms with Crippen LogP contribution in [0.1, 0.15) is 15.9 Å².